The molecule has 7 heteroatoms. The third-order valence-corrected chi connectivity index (χ3v) is 4.68. The van der Waals surface area contributed by atoms with E-state index < -0.39 is 26.8 Å². The maximum atomic E-state index is 13.3. The van der Waals surface area contributed by atoms with Gasteiger partial charge in [-0.3, -0.25) is 4.55 Å². The van der Waals surface area contributed by atoms with Crippen molar-refractivity contribution in [2.24, 2.45) is 0 Å². The molecule has 0 aliphatic carbocycles. The van der Waals surface area contributed by atoms with E-state index in [4.69, 9.17) is 0 Å². The van der Waals surface area contributed by atoms with E-state index in [2.05, 4.69) is 0 Å². The van der Waals surface area contributed by atoms with Crippen molar-refractivity contribution in [2.45, 2.75) is 43.7 Å². The lowest BCUT2D eigenvalue weighted by Gasteiger charge is -2.18. The first kappa shape index (κ1) is 17.7. The van der Waals surface area contributed by atoms with Crippen LogP contribution in [0.5, 0.6) is 0 Å². The van der Waals surface area contributed by atoms with E-state index >= 15 is 0 Å². The predicted octanol–water partition coefficient (Wildman–Crippen LogP) is 4.84. The number of halogens is 3. The van der Waals surface area contributed by atoms with Gasteiger partial charge in [0, 0.05) is 0 Å². The summed E-state index contributed by atoms with van der Waals surface area (Å²) >= 11 is 0. The van der Waals surface area contributed by atoms with Crippen LogP contribution in [0.4, 0.5) is 13.2 Å². The molecule has 0 atom stereocenters. The summed E-state index contributed by atoms with van der Waals surface area (Å²) in [7, 11) is -5.00. The van der Waals surface area contributed by atoms with Crippen molar-refractivity contribution >= 4 is 20.9 Å². The Balaban J connectivity index is 2.84. The SMILES string of the molecule is CCCCCc1c(S(=O)(=O)O)c(C(F)(F)F)cc2ccccc12. The molecule has 0 bridgehead atoms. The molecule has 2 rings (SSSR count). The standard InChI is InChI=1S/C16H17F3O3S/c1-2-3-4-9-13-12-8-6-5-7-11(12)10-14(16(17,18)19)15(13)23(20,21)22/h5-8,10H,2-4,9H2,1H3,(H,20,21,22). The van der Waals surface area contributed by atoms with Gasteiger partial charge in [0.2, 0.25) is 0 Å². The molecule has 3 nitrogen and oxygen atoms in total. The Morgan fingerprint density at radius 2 is 1.78 bits per heavy atom. The van der Waals surface area contributed by atoms with Gasteiger partial charge in [-0.1, -0.05) is 44.0 Å². The molecule has 0 saturated carbocycles. The molecule has 0 unspecified atom stereocenters. The lowest BCUT2D eigenvalue weighted by atomic mass is 9.96. The van der Waals surface area contributed by atoms with Crippen molar-refractivity contribution in [1.82, 2.24) is 0 Å². The molecule has 0 saturated heterocycles. The van der Waals surface area contributed by atoms with E-state index in [1.807, 2.05) is 6.92 Å². The Hall–Kier alpha value is -1.60. The van der Waals surface area contributed by atoms with E-state index in [0.29, 0.717) is 17.2 Å². The molecule has 0 heterocycles. The fourth-order valence-corrected chi connectivity index (χ4v) is 3.68. The fourth-order valence-electron chi connectivity index (χ4n) is 2.71. The van der Waals surface area contributed by atoms with Crippen LogP contribution in [0, 0.1) is 0 Å². The van der Waals surface area contributed by atoms with Crippen molar-refractivity contribution in [3.8, 4) is 0 Å². The van der Waals surface area contributed by atoms with Crippen molar-refractivity contribution in [3.63, 3.8) is 0 Å². The Labute approximate surface area is 132 Å². The van der Waals surface area contributed by atoms with Crippen LogP contribution in [0.25, 0.3) is 10.8 Å². The normalized spacial score (nSPS) is 12.7. The van der Waals surface area contributed by atoms with Crippen LogP contribution >= 0.6 is 0 Å². The second-order valence-electron chi connectivity index (χ2n) is 5.38. The van der Waals surface area contributed by atoms with Crippen molar-refractivity contribution in [2.75, 3.05) is 0 Å². The summed E-state index contributed by atoms with van der Waals surface area (Å²) in [6, 6.07) is 7.08. The van der Waals surface area contributed by atoms with Crippen LogP contribution in [0.2, 0.25) is 0 Å². The number of rotatable bonds is 5. The second-order valence-corrected chi connectivity index (χ2v) is 6.74. The second kappa shape index (κ2) is 6.49. The minimum absolute atomic E-state index is 0.0337. The number of aryl methyl sites for hydroxylation is 1. The predicted molar refractivity (Wildman–Crippen MR) is 82.0 cm³/mol. The minimum atomic E-state index is -5.00. The van der Waals surface area contributed by atoms with Gasteiger partial charge in [-0.2, -0.15) is 21.6 Å². The Morgan fingerprint density at radius 1 is 1.13 bits per heavy atom. The van der Waals surface area contributed by atoms with Gasteiger partial charge in [0.15, 0.2) is 0 Å². The number of hydrogen-bond donors (Lipinski definition) is 1. The first-order valence-electron chi connectivity index (χ1n) is 7.25. The summed E-state index contributed by atoms with van der Waals surface area (Å²) in [6.07, 6.45) is -2.56. The highest BCUT2D eigenvalue weighted by Crippen LogP contribution is 2.40. The average molecular weight is 346 g/mol. The summed E-state index contributed by atoms with van der Waals surface area (Å²) in [5, 5.41) is 0.725. The maximum Gasteiger partial charge on any atom is 0.417 e. The molecule has 23 heavy (non-hydrogen) atoms. The first-order valence-corrected chi connectivity index (χ1v) is 8.69. The quantitative estimate of drug-likeness (QED) is 0.623. The van der Waals surface area contributed by atoms with E-state index in [1.165, 1.54) is 6.07 Å². The zero-order valence-corrected chi connectivity index (χ0v) is 13.3. The van der Waals surface area contributed by atoms with Crippen LogP contribution in [-0.4, -0.2) is 13.0 Å². The molecule has 0 aromatic heterocycles. The summed E-state index contributed by atoms with van der Waals surface area (Å²) in [4.78, 5) is -1.01. The highest BCUT2D eigenvalue weighted by Gasteiger charge is 2.39. The van der Waals surface area contributed by atoms with E-state index in [0.717, 1.165) is 18.9 Å². The molecule has 0 radical (unpaired) electrons. The molecule has 0 amide bonds. The van der Waals surface area contributed by atoms with Crippen LogP contribution in [0.15, 0.2) is 35.2 Å². The van der Waals surface area contributed by atoms with Gasteiger partial charge in [-0.05, 0) is 35.2 Å². The summed E-state index contributed by atoms with van der Waals surface area (Å²) in [5.74, 6) is 0. The Morgan fingerprint density at radius 3 is 2.35 bits per heavy atom. The monoisotopic (exact) mass is 346 g/mol. The number of benzene rings is 2. The number of alkyl halides is 3. The molecule has 0 aliphatic rings. The highest BCUT2D eigenvalue weighted by atomic mass is 32.2. The average Bonchev–Trinajstić information content (AvgIpc) is 2.44. The van der Waals surface area contributed by atoms with Gasteiger partial charge in [-0.15, -0.1) is 0 Å². The van der Waals surface area contributed by atoms with Gasteiger partial charge in [0.05, 0.1) is 5.56 Å². The smallest absolute Gasteiger partial charge is 0.282 e. The van der Waals surface area contributed by atoms with Crippen molar-refractivity contribution in [3.05, 3.63) is 41.5 Å². The molecule has 2 aromatic carbocycles. The summed E-state index contributed by atoms with van der Waals surface area (Å²) in [5.41, 5.74) is -1.28. The molecule has 0 fully saturated rings. The minimum Gasteiger partial charge on any atom is -0.282 e. The van der Waals surface area contributed by atoms with Gasteiger partial charge in [0.25, 0.3) is 10.1 Å². The molecule has 2 aromatic rings. The van der Waals surface area contributed by atoms with Crippen molar-refractivity contribution in [1.29, 1.82) is 0 Å². The number of hydrogen-bond acceptors (Lipinski definition) is 2. The third kappa shape index (κ3) is 3.84. The van der Waals surface area contributed by atoms with Crippen LogP contribution in [-0.2, 0) is 22.7 Å². The summed E-state index contributed by atoms with van der Waals surface area (Å²) < 4.78 is 72.6. The first-order chi connectivity index (χ1) is 10.7. The highest BCUT2D eigenvalue weighted by molar-refractivity contribution is 7.86. The van der Waals surface area contributed by atoms with Crippen molar-refractivity contribution < 1.29 is 26.1 Å². The Kier molecular flexibility index (Phi) is 5.01. The maximum absolute atomic E-state index is 13.3. The van der Waals surface area contributed by atoms with Gasteiger partial charge >= 0.3 is 6.18 Å². The third-order valence-electron chi connectivity index (χ3n) is 3.70. The number of fused-ring (bicyclic) bond motifs is 1. The lowest BCUT2D eigenvalue weighted by molar-refractivity contribution is -0.139. The zero-order chi connectivity index (χ0) is 17.3. The zero-order valence-electron chi connectivity index (χ0n) is 12.5. The lowest BCUT2D eigenvalue weighted by Crippen LogP contribution is -2.16. The number of unbranched alkanes of at least 4 members (excludes halogenated alkanes) is 2. The molecular formula is C16H17F3O3S. The van der Waals surface area contributed by atoms with Gasteiger partial charge in [-0.25, -0.2) is 0 Å². The molecule has 1 N–H and O–H groups in total. The molecule has 126 valence electrons. The van der Waals surface area contributed by atoms with Crippen LogP contribution < -0.4 is 0 Å². The fraction of sp³-hybridized carbons (Fsp3) is 0.375. The molecule has 0 aliphatic heterocycles. The largest absolute Gasteiger partial charge is 0.417 e. The summed E-state index contributed by atoms with van der Waals surface area (Å²) in [6.45, 7) is 1.94. The van der Waals surface area contributed by atoms with Gasteiger partial charge < -0.3 is 0 Å². The van der Waals surface area contributed by atoms with E-state index in [-0.39, 0.29) is 12.0 Å². The van der Waals surface area contributed by atoms with Crippen LogP contribution in [0.3, 0.4) is 0 Å². The van der Waals surface area contributed by atoms with E-state index in [1.54, 1.807) is 18.2 Å². The molecule has 0 spiro atoms. The topological polar surface area (TPSA) is 54.4 Å². The van der Waals surface area contributed by atoms with Crippen LogP contribution in [0.1, 0.15) is 37.3 Å². The Bertz CT molecular complexity index is 811. The molecular weight excluding hydrogens is 329 g/mol. The van der Waals surface area contributed by atoms with E-state index in [9.17, 15) is 26.1 Å². The van der Waals surface area contributed by atoms with Gasteiger partial charge in [0.1, 0.15) is 4.90 Å².